The predicted molar refractivity (Wildman–Crippen MR) is 132 cm³/mol. The number of hydrogen-bond donors (Lipinski definition) is 1. The fourth-order valence-corrected chi connectivity index (χ4v) is 6.32. The van der Waals surface area contributed by atoms with E-state index in [4.69, 9.17) is 21.3 Å². The van der Waals surface area contributed by atoms with Gasteiger partial charge in [0.25, 0.3) is 5.56 Å². The molecule has 0 spiro atoms. The van der Waals surface area contributed by atoms with Gasteiger partial charge in [-0.05, 0) is 75.4 Å². The second-order valence-corrected chi connectivity index (χ2v) is 10.2. The smallest absolute Gasteiger partial charge is 0.263 e. The number of aromatic nitrogens is 2. The Labute approximate surface area is 201 Å². The number of methoxy groups -OCH3 is 1. The molecule has 9 heteroatoms. The molecule has 33 heavy (non-hydrogen) atoms. The largest absolute Gasteiger partial charge is 0.495 e. The van der Waals surface area contributed by atoms with Gasteiger partial charge in [-0.3, -0.25) is 19.1 Å². The number of benzene rings is 1. The molecule has 2 aliphatic rings. The molecule has 0 saturated carbocycles. The van der Waals surface area contributed by atoms with Crippen molar-refractivity contribution in [3.05, 3.63) is 49.8 Å². The third-order valence-electron chi connectivity index (χ3n) is 6.45. The molecule has 1 amide bonds. The molecule has 0 atom stereocenters. The van der Waals surface area contributed by atoms with Crippen molar-refractivity contribution in [2.75, 3.05) is 25.5 Å². The van der Waals surface area contributed by atoms with Crippen molar-refractivity contribution >= 4 is 44.7 Å². The van der Waals surface area contributed by atoms with E-state index in [0.717, 1.165) is 62.0 Å². The molecule has 2 aromatic heterocycles. The van der Waals surface area contributed by atoms with Crippen molar-refractivity contribution in [1.82, 2.24) is 14.5 Å². The Morgan fingerprint density at radius 1 is 1.21 bits per heavy atom. The van der Waals surface area contributed by atoms with E-state index in [-0.39, 0.29) is 18.0 Å². The summed E-state index contributed by atoms with van der Waals surface area (Å²) < 4.78 is 6.74. The van der Waals surface area contributed by atoms with Gasteiger partial charge in [-0.1, -0.05) is 11.6 Å². The van der Waals surface area contributed by atoms with Gasteiger partial charge in [-0.2, -0.15) is 0 Å². The fourth-order valence-electron chi connectivity index (χ4n) is 4.79. The Balaban J connectivity index is 1.49. The Morgan fingerprint density at radius 3 is 2.76 bits per heavy atom. The second-order valence-electron chi connectivity index (χ2n) is 8.69. The highest BCUT2D eigenvalue weighted by Gasteiger charge is 2.24. The number of likely N-dealkylation sites (tertiary alicyclic amines) is 1. The summed E-state index contributed by atoms with van der Waals surface area (Å²) in [5, 5.41) is 3.98. The molecule has 0 unspecified atom stereocenters. The number of halogens is 1. The lowest BCUT2D eigenvalue weighted by atomic mass is 9.97. The number of carbonyl (C=O) groups is 1. The summed E-state index contributed by atoms with van der Waals surface area (Å²) in [5.74, 6) is 0.915. The first-order valence-electron chi connectivity index (χ1n) is 11.4. The molecule has 1 aliphatic heterocycles. The SMILES string of the molecule is COc1ccc(NC(=O)Cn2c(CN3CCCC3)nc3sc4c(c3c2=O)CCCC4)cc1Cl. The molecule has 174 valence electrons. The van der Waals surface area contributed by atoms with Gasteiger partial charge in [0.05, 0.1) is 24.1 Å². The van der Waals surface area contributed by atoms with Crippen LogP contribution in [0, 0.1) is 0 Å². The van der Waals surface area contributed by atoms with Crippen LogP contribution in [0.4, 0.5) is 5.69 Å². The van der Waals surface area contributed by atoms with Gasteiger partial charge in [0.15, 0.2) is 0 Å². The lowest BCUT2D eigenvalue weighted by Crippen LogP contribution is -2.33. The zero-order chi connectivity index (χ0) is 22.9. The van der Waals surface area contributed by atoms with Gasteiger partial charge >= 0.3 is 0 Å². The predicted octanol–water partition coefficient (Wildman–Crippen LogP) is 4.23. The van der Waals surface area contributed by atoms with Gasteiger partial charge < -0.3 is 10.1 Å². The maximum Gasteiger partial charge on any atom is 0.263 e. The third-order valence-corrected chi connectivity index (χ3v) is 7.94. The number of ether oxygens (including phenoxy) is 1. The molecule has 1 saturated heterocycles. The highest BCUT2D eigenvalue weighted by atomic mass is 35.5. The van der Waals surface area contributed by atoms with Crippen LogP contribution in [0.5, 0.6) is 5.75 Å². The minimum absolute atomic E-state index is 0.0841. The molecular weight excluding hydrogens is 460 g/mol. The van der Waals surface area contributed by atoms with Crippen LogP contribution < -0.4 is 15.6 Å². The molecular formula is C24H27ClN4O3S. The van der Waals surface area contributed by atoms with E-state index >= 15 is 0 Å². The van der Waals surface area contributed by atoms with Crippen molar-refractivity contribution < 1.29 is 9.53 Å². The topological polar surface area (TPSA) is 76.5 Å². The number of amides is 1. The molecule has 0 radical (unpaired) electrons. The quantitative estimate of drug-likeness (QED) is 0.564. The lowest BCUT2D eigenvalue weighted by molar-refractivity contribution is -0.116. The number of nitrogens with zero attached hydrogens (tertiary/aromatic N) is 3. The monoisotopic (exact) mass is 486 g/mol. The number of hydrogen-bond acceptors (Lipinski definition) is 6. The van der Waals surface area contributed by atoms with Crippen LogP contribution in [0.2, 0.25) is 5.02 Å². The third kappa shape index (κ3) is 4.52. The molecule has 1 aliphatic carbocycles. The Kier molecular flexibility index (Phi) is 6.40. The van der Waals surface area contributed by atoms with Crippen LogP contribution in [0.25, 0.3) is 10.2 Å². The van der Waals surface area contributed by atoms with E-state index in [2.05, 4.69) is 10.2 Å². The number of aryl methyl sites for hydroxylation is 2. The van der Waals surface area contributed by atoms with Crippen molar-refractivity contribution in [3.63, 3.8) is 0 Å². The van der Waals surface area contributed by atoms with Crippen molar-refractivity contribution in [2.45, 2.75) is 51.6 Å². The van der Waals surface area contributed by atoms with Crippen molar-refractivity contribution in [2.24, 2.45) is 0 Å². The molecule has 3 aromatic rings. The van der Waals surface area contributed by atoms with Crippen LogP contribution in [0.3, 0.4) is 0 Å². The number of anilines is 1. The van der Waals surface area contributed by atoms with Crippen molar-refractivity contribution in [3.8, 4) is 5.75 Å². The highest BCUT2D eigenvalue weighted by Crippen LogP contribution is 2.34. The van der Waals surface area contributed by atoms with E-state index in [0.29, 0.717) is 34.2 Å². The molecule has 1 aromatic carbocycles. The first-order chi connectivity index (χ1) is 16.0. The Hall–Kier alpha value is -2.42. The number of carbonyl (C=O) groups excluding carboxylic acids is 1. The summed E-state index contributed by atoms with van der Waals surface area (Å²) in [5.41, 5.74) is 1.60. The van der Waals surface area contributed by atoms with Gasteiger partial charge in [-0.15, -0.1) is 11.3 Å². The Morgan fingerprint density at radius 2 is 2.00 bits per heavy atom. The van der Waals surface area contributed by atoms with E-state index in [1.165, 1.54) is 4.88 Å². The zero-order valence-electron chi connectivity index (χ0n) is 18.7. The maximum atomic E-state index is 13.7. The molecule has 5 rings (SSSR count). The molecule has 0 bridgehead atoms. The highest BCUT2D eigenvalue weighted by molar-refractivity contribution is 7.18. The minimum Gasteiger partial charge on any atom is -0.495 e. The average molecular weight is 487 g/mol. The first kappa shape index (κ1) is 22.4. The van der Waals surface area contributed by atoms with Crippen LogP contribution in [0.1, 0.15) is 41.9 Å². The number of nitrogens with one attached hydrogen (secondary N) is 1. The summed E-state index contributed by atoms with van der Waals surface area (Å²) >= 11 is 7.84. The lowest BCUT2D eigenvalue weighted by Gasteiger charge is -2.18. The van der Waals surface area contributed by atoms with E-state index in [1.807, 2.05) is 0 Å². The molecule has 7 nitrogen and oxygen atoms in total. The van der Waals surface area contributed by atoms with Gasteiger partial charge in [-0.25, -0.2) is 4.98 Å². The van der Waals surface area contributed by atoms with Crippen molar-refractivity contribution in [1.29, 1.82) is 0 Å². The number of fused-ring (bicyclic) bond motifs is 3. The Bertz CT molecular complexity index is 1260. The fraction of sp³-hybridized carbons (Fsp3) is 0.458. The minimum atomic E-state index is -0.286. The standard InChI is InChI=1S/C24H27ClN4O3S/c1-32-18-9-8-15(12-17(18)25)26-21(30)14-29-20(13-28-10-4-5-11-28)27-23-22(24(29)31)16-6-2-3-7-19(16)33-23/h8-9,12H,2-7,10-11,13-14H2,1H3,(H,26,30). The van der Waals surface area contributed by atoms with Crippen LogP contribution in [0.15, 0.2) is 23.0 Å². The average Bonchev–Trinajstić information content (AvgIpc) is 3.44. The number of thiophene rings is 1. The van der Waals surface area contributed by atoms with Gasteiger partial charge in [0.2, 0.25) is 5.91 Å². The van der Waals surface area contributed by atoms with Crippen LogP contribution >= 0.6 is 22.9 Å². The van der Waals surface area contributed by atoms with Crippen LogP contribution in [-0.2, 0) is 30.7 Å². The van der Waals surface area contributed by atoms with Gasteiger partial charge in [0.1, 0.15) is 22.9 Å². The second kappa shape index (κ2) is 9.44. The summed E-state index contributed by atoms with van der Waals surface area (Å²) in [6, 6.07) is 5.07. The molecule has 3 heterocycles. The van der Waals surface area contributed by atoms with E-state index in [9.17, 15) is 9.59 Å². The van der Waals surface area contributed by atoms with E-state index in [1.54, 1.807) is 41.2 Å². The normalized spacial score (nSPS) is 16.2. The first-order valence-corrected chi connectivity index (χ1v) is 12.6. The molecule has 1 fully saturated rings. The van der Waals surface area contributed by atoms with Crippen LogP contribution in [-0.4, -0.2) is 40.6 Å². The summed E-state index contributed by atoms with van der Waals surface area (Å²) in [7, 11) is 1.54. The number of rotatable bonds is 6. The summed E-state index contributed by atoms with van der Waals surface area (Å²) in [6.07, 6.45) is 6.47. The summed E-state index contributed by atoms with van der Waals surface area (Å²) in [6.45, 7) is 2.48. The molecule has 1 N–H and O–H groups in total. The zero-order valence-corrected chi connectivity index (χ0v) is 20.2. The van der Waals surface area contributed by atoms with E-state index < -0.39 is 0 Å². The summed E-state index contributed by atoms with van der Waals surface area (Å²) in [4.78, 5) is 36.0. The maximum absolute atomic E-state index is 13.7. The van der Waals surface area contributed by atoms with Gasteiger partial charge in [0, 0.05) is 10.6 Å².